The fourth-order valence-corrected chi connectivity index (χ4v) is 5.54. The summed E-state index contributed by atoms with van der Waals surface area (Å²) < 4.78 is 2.61. The average molecular weight is 595 g/mol. The van der Waals surface area contributed by atoms with Gasteiger partial charge in [-0.05, 0) is 71.5 Å². The van der Waals surface area contributed by atoms with Gasteiger partial charge in [0.15, 0.2) is 5.65 Å². The van der Waals surface area contributed by atoms with Crippen LogP contribution in [0.15, 0.2) is 65.6 Å². The average Bonchev–Trinajstić information content (AvgIpc) is 3.34. The summed E-state index contributed by atoms with van der Waals surface area (Å²) in [6, 6.07) is 5.57. The van der Waals surface area contributed by atoms with E-state index in [9.17, 15) is 4.79 Å². The van der Waals surface area contributed by atoms with Gasteiger partial charge < -0.3 is 16.0 Å². The number of pyridine rings is 1. The number of halogens is 1. The van der Waals surface area contributed by atoms with Crippen LogP contribution in [-0.2, 0) is 6.54 Å². The highest BCUT2D eigenvalue weighted by Crippen LogP contribution is 2.31. The molecule has 1 unspecified atom stereocenters. The molecule has 3 aromatic rings. The molecular weight excluding hydrogens is 554 g/mol. The van der Waals surface area contributed by atoms with Crippen molar-refractivity contribution in [1.82, 2.24) is 24.5 Å². The zero-order valence-corrected chi connectivity index (χ0v) is 24.6. The van der Waals surface area contributed by atoms with Gasteiger partial charge in [0, 0.05) is 44.0 Å². The SMILES string of the molecule is C1=CC2C=CCC(C1)C2.CCC.NC(=O)N1CCCC(c2cc(NCc3cccnc3)n3ncc(Br)c3n2)C1. The number of likely N-dealkylation sites (tertiary alicyclic amines) is 1. The summed E-state index contributed by atoms with van der Waals surface area (Å²) in [5, 5.41) is 7.83. The smallest absolute Gasteiger partial charge is 0.314 e. The first-order valence-corrected chi connectivity index (χ1v) is 14.8. The van der Waals surface area contributed by atoms with Crippen molar-refractivity contribution in [2.75, 3.05) is 18.4 Å². The van der Waals surface area contributed by atoms with Crippen LogP contribution >= 0.6 is 15.9 Å². The molecule has 39 heavy (non-hydrogen) atoms. The highest BCUT2D eigenvalue weighted by Gasteiger charge is 2.26. The molecule has 3 aliphatic rings. The number of rotatable bonds is 4. The van der Waals surface area contributed by atoms with E-state index in [1.54, 1.807) is 21.8 Å². The Kier molecular flexibility index (Phi) is 10.5. The number of carbonyl (C=O) groups is 1. The molecule has 0 aromatic carbocycles. The predicted octanol–water partition coefficient (Wildman–Crippen LogP) is 6.70. The Morgan fingerprint density at radius 3 is 2.62 bits per heavy atom. The molecule has 2 amide bonds. The fourth-order valence-electron chi connectivity index (χ4n) is 5.19. The standard InChI is InChI=1S/C18H20BrN7O.C9H12.C3H8/c19-14-10-23-26-16(22-9-12-3-1-5-21-8-12)7-15(24-17(14)26)13-4-2-6-25(11-13)18(20)27;1-3-8-5-2-6-9(4-1)7-8;1-3-2/h1,3,5,7-8,10,13,22H,2,4,6,9,11H2,(H2,20,27);1-3,5,8-9H,4,6-7H2;3H2,1-2H3. The van der Waals surface area contributed by atoms with Crippen LogP contribution in [0.25, 0.3) is 5.65 Å². The molecule has 9 heteroatoms. The van der Waals surface area contributed by atoms with Crippen LogP contribution in [0.5, 0.6) is 0 Å². The van der Waals surface area contributed by atoms with Crippen molar-refractivity contribution in [3.8, 4) is 0 Å². The lowest BCUT2D eigenvalue weighted by Gasteiger charge is -2.31. The van der Waals surface area contributed by atoms with Gasteiger partial charge >= 0.3 is 6.03 Å². The zero-order valence-electron chi connectivity index (χ0n) is 23.0. The molecule has 4 heterocycles. The lowest BCUT2D eigenvalue weighted by atomic mass is 9.81. The number of hydrogen-bond acceptors (Lipinski definition) is 5. The first kappa shape index (κ1) is 28.8. The zero-order chi connectivity index (χ0) is 27.6. The Bertz CT molecular complexity index is 1260. The number of anilines is 1. The van der Waals surface area contributed by atoms with E-state index in [4.69, 9.17) is 10.7 Å². The monoisotopic (exact) mass is 593 g/mol. The molecule has 6 rings (SSSR count). The maximum Gasteiger partial charge on any atom is 0.314 e. The lowest BCUT2D eigenvalue weighted by molar-refractivity contribution is 0.188. The Balaban J connectivity index is 0.000000243. The number of hydrogen-bond donors (Lipinski definition) is 2. The number of urea groups is 1. The van der Waals surface area contributed by atoms with Crippen LogP contribution in [0.4, 0.5) is 10.6 Å². The van der Waals surface area contributed by atoms with E-state index in [2.05, 4.69) is 69.5 Å². The predicted molar refractivity (Wildman–Crippen MR) is 160 cm³/mol. The van der Waals surface area contributed by atoms with E-state index in [1.807, 2.05) is 24.4 Å². The number of amides is 2. The van der Waals surface area contributed by atoms with Crippen LogP contribution in [0.1, 0.15) is 69.5 Å². The van der Waals surface area contributed by atoms with Gasteiger partial charge in [-0.1, -0.05) is 50.6 Å². The number of allylic oxidation sites excluding steroid dienone is 4. The van der Waals surface area contributed by atoms with Gasteiger partial charge in [0.25, 0.3) is 0 Å². The van der Waals surface area contributed by atoms with Gasteiger partial charge in [0.1, 0.15) is 5.82 Å². The van der Waals surface area contributed by atoms with Gasteiger partial charge in [0.2, 0.25) is 0 Å². The molecule has 0 radical (unpaired) electrons. The van der Waals surface area contributed by atoms with Crippen LogP contribution in [-0.4, -0.2) is 43.6 Å². The summed E-state index contributed by atoms with van der Waals surface area (Å²) in [4.78, 5) is 22.2. The second-order valence-corrected chi connectivity index (χ2v) is 11.3. The molecule has 2 bridgehead atoms. The second-order valence-electron chi connectivity index (χ2n) is 10.4. The first-order valence-electron chi connectivity index (χ1n) is 14.0. The molecule has 1 fully saturated rings. The van der Waals surface area contributed by atoms with Crippen molar-refractivity contribution < 1.29 is 4.79 Å². The highest BCUT2D eigenvalue weighted by atomic mass is 79.9. The fraction of sp³-hybridized carbons (Fsp3) is 0.467. The van der Waals surface area contributed by atoms with Crippen LogP contribution in [0.2, 0.25) is 0 Å². The first-order chi connectivity index (χ1) is 19.0. The molecule has 0 saturated carbocycles. The Morgan fingerprint density at radius 2 is 1.97 bits per heavy atom. The lowest BCUT2D eigenvalue weighted by Crippen LogP contribution is -2.42. The number of carbonyl (C=O) groups excluding carboxylic acids is 1. The number of primary amides is 1. The summed E-state index contributed by atoms with van der Waals surface area (Å²) in [6.07, 6.45) is 21.9. The van der Waals surface area contributed by atoms with E-state index >= 15 is 0 Å². The normalized spacial score (nSPS) is 21.4. The highest BCUT2D eigenvalue weighted by molar-refractivity contribution is 9.10. The third kappa shape index (κ3) is 7.91. The van der Waals surface area contributed by atoms with Gasteiger partial charge in [-0.15, -0.1) is 0 Å². The number of fused-ring (bicyclic) bond motifs is 3. The largest absolute Gasteiger partial charge is 0.366 e. The molecule has 1 aliphatic heterocycles. The minimum absolute atomic E-state index is 0.150. The molecule has 1 saturated heterocycles. The Morgan fingerprint density at radius 1 is 1.21 bits per heavy atom. The van der Waals surface area contributed by atoms with E-state index < -0.39 is 0 Å². The molecule has 3 aromatic heterocycles. The van der Waals surface area contributed by atoms with E-state index in [1.165, 1.54) is 25.7 Å². The van der Waals surface area contributed by atoms with Gasteiger partial charge in [-0.3, -0.25) is 4.98 Å². The van der Waals surface area contributed by atoms with E-state index in [-0.39, 0.29) is 11.9 Å². The summed E-state index contributed by atoms with van der Waals surface area (Å²) in [6.45, 7) is 6.17. The third-order valence-electron chi connectivity index (χ3n) is 7.11. The van der Waals surface area contributed by atoms with Crippen molar-refractivity contribution in [2.45, 2.75) is 64.8 Å². The van der Waals surface area contributed by atoms with Crippen molar-refractivity contribution in [2.24, 2.45) is 17.6 Å². The quantitative estimate of drug-likeness (QED) is 0.328. The third-order valence-corrected chi connectivity index (χ3v) is 7.67. The topological polar surface area (TPSA) is 101 Å². The summed E-state index contributed by atoms with van der Waals surface area (Å²) >= 11 is 3.52. The van der Waals surface area contributed by atoms with Gasteiger partial charge in [0.05, 0.1) is 16.4 Å². The van der Waals surface area contributed by atoms with Crippen LogP contribution in [0, 0.1) is 11.8 Å². The molecule has 208 valence electrons. The Labute approximate surface area is 239 Å². The molecule has 0 spiro atoms. The van der Waals surface area contributed by atoms with E-state index in [0.29, 0.717) is 19.6 Å². The summed E-state index contributed by atoms with van der Waals surface area (Å²) in [5.41, 5.74) is 8.23. The molecule has 8 nitrogen and oxygen atoms in total. The maximum absolute atomic E-state index is 11.6. The van der Waals surface area contributed by atoms with Crippen molar-refractivity contribution in [1.29, 1.82) is 0 Å². The number of piperidine rings is 1. The van der Waals surface area contributed by atoms with Crippen molar-refractivity contribution in [3.63, 3.8) is 0 Å². The summed E-state index contributed by atoms with van der Waals surface area (Å²) in [5.74, 6) is 2.76. The van der Waals surface area contributed by atoms with Gasteiger partial charge in [-0.25, -0.2) is 9.78 Å². The Hall–Kier alpha value is -3.20. The van der Waals surface area contributed by atoms with Crippen molar-refractivity contribution >= 4 is 33.4 Å². The minimum atomic E-state index is -0.374. The molecule has 1 atom stereocenters. The van der Waals surface area contributed by atoms with E-state index in [0.717, 1.165) is 51.9 Å². The van der Waals surface area contributed by atoms with Crippen molar-refractivity contribution in [3.05, 3.63) is 76.8 Å². The van der Waals surface area contributed by atoms with Crippen LogP contribution < -0.4 is 11.1 Å². The second kappa shape index (κ2) is 14.3. The maximum atomic E-state index is 11.6. The number of nitrogens with two attached hydrogens (primary N) is 1. The minimum Gasteiger partial charge on any atom is -0.366 e. The summed E-state index contributed by atoms with van der Waals surface area (Å²) in [7, 11) is 0. The van der Waals surface area contributed by atoms with Crippen LogP contribution in [0.3, 0.4) is 0 Å². The number of nitrogens with zero attached hydrogens (tertiary/aromatic N) is 5. The molecule has 2 aliphatic carbocycles. The molecular formula is C30H40BrN7O. The van der Waals surface area contributed by atoms with Gasteiger partial charge in [-0.2, -0.15) is 9.61 Å². The number of aromatic nitrogens is 4. The number of nitrogens with one attached hydrogen (secondary N) is 1. The molecule has 3 N–H and O–H groups in total.